The fourth-order valence-corrected chi connectivity index (χ4v) is 2.48. The molecule has 0 radical (unpaired) electrons. The second-order valence-corrected chi connectivity index (χ2v) is 4.56. The predicted molar refractivity (Wildman–Crippen MR) is 63.7 cm³/mol. The molecule has 1 saturated heterocycles. The molecule has 17 heavy (non-hydrogen) atoms. The van der Waals surface area contributed by atoms with Crippen LogP contribution in [-0.2, 0) is 12.8 Å². The van der Waals surface area contributed by atoms with Crippen molar-refractivity contribution in [2.24, 2.45) is 0 Å². The Morgan fingerprint density at radius 1 is 1.47 bits per heavy atom. The van der Waals surface area contributed by atoms with Crippen LogP contribution in [-0.4, -0.2) is 45.9 Å². The Morgan fingerprint density at radius 3 is 3.12 bits per heavy atom. The zero-order valence-electron chi connectivity index (χ0n) is 10.4. The van der Waals surface area contributed by atoms with Gasteiger partial charge in [0.1, 0.15) is 0 Å². The van der Waals surface area contributed by atoms with Gasteiger partial charge in [-0.2, -0.15) is 4.98 Å². The first-order valence-corrected chi connectivity index (χ1v) is 6.50. The highest BCUT2D eigenvalue weighted by molar-refractivity contribution is 4.91. The molecule has 2 rings (SSSR count). The van der Waals surface area contributed by atoms with E-state index in [1.807, 2.05) is 0 Å². The molecule has 96 valence electrons. The fraction of sp³-hybridized carbons (Fsp3) is 0.833. The van der Waals surface area contributed by atoms with Crippen LogP contribution in [0.2, 0.25) is 0 Å². The monoisotopic (exact) mass is 239 g/mol. The van der Waals surface area contributed by atoms with Crippen molar-refractivity contribution in [2.45, 2.75) is 45.1 Å². The number of aromatic nitrogens is 2. The molecule has 1 aromatic rings. The smallest absolute Gasteiger partial charge is 0.228 e. The lowest BCUT2D eigenvalue weighted by molar-refractivity contribution is 0.146. The average molecular weight is 239 g/mol. The van der Waals surface area contributed by atoms with Gasteiger partial charge in [-0.15, -0.1) is 0 Å². The first-order chi connectivity index (χ1) is 8.33. The highest BCUT2D eigenvalue weighted by atomic mass is 16.5. The summed E-state index contributed by atoms with van der Waals surface area (Å²) in [6.45, 7) is 4.54. The molecule has 0 saturated carbocycles. The summed E-state index contributed by atoms with van der Waals surface area (Å²) in [5, 5.41) is 12.7. The molecule has 0 spiro atoms. The van der Waals surface area contributed by atoms with Crippen LogP contribution in [0.1, 0.15) is 37.9 Å². The van der Waals surface area contributed by atoms with Crippen molar-refractivity contribution in [3.63, 3.8) is 0 Å². The lowest BCUT2D eigenvalue weighted by Crippen LogP contribution is -2.40. The zero-order chi connectivity index (χ0) is 12.1. The van der Waals surface area contributed by atoms with Gasteiger partial charge in [-0.05, 0) is 25.9 Å². The van der Waals surface area contributed by atoms with E-state index in [2.05, 4.69) is 22.0 Å². The van der Waals surface area contributed by atoms with E-state index in [9.17, 15) is 0 Å². The van der Waals surface area contributed by atoms with E-state index < -0.39 is 0 Å². The number of rotatable bonds is 5. The summed E-state index contributed by atoms with van der Waals surface area (Å²) in [7, 11) is 0. The van der Waals surface area contributed by atoms with E-state index >= 15 is 0 Å². The largest absolute Gasteiger partial charge is 0.396 e. The molecule has 0 aromatic carbocycles. The molecule has 1 N–H and O–H groups in total. The molecule has 1 fully saturated rings. The van der Waals surface area contributed by atoms with Crippen LogP contribution in [0.4, 0.5) is 0 Å². The number of aliphatic hydroxyl groups is 1. The summed E-state index contributed by atoms with van der Waals surface area (Å²) in [4.78, 5) is 6.78. The Morgan fingerprint density at radius 2 is 2.35 bits per heavy atom. The Kier molecular flexibility index (Phi) is 4.50. The molecule has 1 unspecified atom stereocenters. The quantitative estimate of drug-likeness (QED) is 0.831. The number of hydrogen-bond donors (Lipinski definition) is 1. The molecule has 0 bridgehead atoms. The summed E-state index contributed by atoms with van der Waals surface area (Å²) in [6, 6.07) is 0.538. The fourth-order valence-electron chi connectivity index (χ4n) is 2.48. The summed E-state index contributed by atoms with van der Waals surface area (Å²) in [5.41, 5.74) is 0. The molecule has 0 amide bonds. The van der Waals surface area contributed by atoms with Crippen molar-refractivity contribution in [3.05, 3.63) is 11.7 Å². The van der Waals surface area contributed by atoms with Crippen LogP contribution >= 0.6 is 0 Å². The number of nitrogens with zero attached hydrogens (tertiary/aromatic N) is 3. The van der Waals surface area contributed by atoms with Gasteiger partial charge < -0.3 is 14.5 Å². The van der Waals surface area contributed by atoms with Crippen molar-refractivity contribution < 1.29 is 9.63 Å². The highest BCUT2D eigenvalue weighted by Crippen LogP contribution is 2.19. The summed E-state index contributed by atoms with van der Waals surface area (Å²) < 4.78 is 5.21. The molecule has 1 aliphatic rings. The van der Waals surface area contributed by atoms with E-state index in [1.54, 1.807) is 0 Å². The van der Waals surface area contributed by atoms with Crippen LogP contribution in [0.5, 0.6) is 0 Å². The molecule has 0 aliphatic carbocycles. The van der Waals surface area contributed by atoms with Crippen LogP contribution in [0.25, 0.3) is 0 Å². The lowest BCUT2D eigenvalue weighted by Gasteiger charge is -2.33. The number of hydrogen-bond acceptors (Lipinski definition) is 5. The normalized spacial score (nSPS) is 21.9. The number of piperidine rings is 1. The van der Waals surface area contributed by atoms with E-state index in [4.69, 9.17) is 9.63 Å². The van der Waals surface area contributed by atoms with Gasteiger partial charge in [-0.1, -0.05) is 18.5 Å². The SMILES string of the molecule is CCN1CCCCC1Cc1nc(CCO)no1. The summed E-state index contributed by atoms with van der Waals surface area (Å²) in [6.07, 6.45) is 5.12. The predicted octanol–water partition coefficient (Wildman–Crippen LogP) is 1.02. The minimum Gasteiger partial charge on any atom is -0.396 e. The van der Waals surface area contributed by atoms with E-state index in [0.29, 0.717) is 24.2 Å². The lowest BCUT2D eigenvalue weighted by atomic mass is 9.99. The van der Waals surface area contributed by atoms with Crippen molar-refractivity contribution in [1.29, 1.82) is 0 Å². The standard InChI is InChI=1S/C12H21N3O2/c1-2-15-7-4-3-5-10(15)9-12-13-11(6-8-16)14-17-12/h10,16H,2-9H2,1H3. The van der Waals surface area contributed by atoms with Crippen molar-refractivity contribution in [2.75, 3.05) is 19.7 Å². The maximum absolute atomic E-state index is 8.80. The van der Waals surface area contributed by atoms with Crippen molar-refractivity contribution in [3.8, 4) is 0 Å². The van der Waals surface area contributed by atoms with E-state index in [1.165, 1.54) is 25.8 Å². The summed E-state index contributed by atoms with van der Waals surface area (Å²) in [5.74, 6) is 1.32. The molecule has 1 atom stereocenters. The third-order valence-corrected chi connectivity index (χ3v) is 3.41. The maximum Gasteiger partial charge on any atom is 0.228 e. The van der Waals surface area contributed by atoms with Gasteiger partial charge >= 0.3 is 0 Å². The van der Waals surface area contributed by atoms with E-state index in [0.717, 1.165) is 13.0 Å². The van der Waals surface area contributed by atoms with Gasteiger partial charge in [0, 0.05) is 18.9 Å². The minimum absolute atomic E-state index is 0.0729. The number of likely N-dealkylation sites (tertiary alicyclic amines) is 1. The Bertz CT molecular complexity index is 340. The molecule has 5 heteroatoms. The Labute approximate surface area is 102 Å². The van der Waals surface area contributed by atoms with Crippen LogP contribution in [0.3, 0.4) is 0 Å². The zero-order valence-corrected chi connectivity index (χ0v) is 10.4. The van der Waals surface area contributed by atoms with Crippen LogP contribution in [0.15, 0.2) is 4.52 Å². The molecule has 5 nitrogen and oxygen atoms in total. The third-order valence-electron chi connectivity index (χ3n) is 3.41. The number of likely N-dealkylation sites (N-methyl/N-ethyl adjacent to an activating group) is 1. The van der Waals surface area contributed by atoms with Crippen molar-refractivity contribution in [1.82, 2.24) is 15.0 Å². The molecule has 1 aliphatic heterocycles. The molecule has 1 aromatic heterocycles. The van der Waals surface area contributed by atoms with Gasteiger partial charge in [0.05, 0.1) is 6.61 Å². The first kappa shape index (κ1) is 12.5. The second kappa shape index (κ2) is 6.12. The van der Waals surface area contributed by atoms with Gasteiger partial charge in [0.2, 0.25) is 5.89 Å². The second-order valence-electron chi connectivity index (χ2n) is 4.56. The first-order valence-electron chi connectivity index (χ1n) is 6.50. The maximum atomic E-state index is 8.80. The third kappa shape index (κ3) is 3.26. The summed E-state index contributed by atoms with van der Waals surface area (Å²) >= 11 is 0. The molecular formula is C12H21N3O2. The van der Waals surface area contributed by atoms with E-state index in [-0.39, 0.29) is 6.61 Å². The topological polar surface area (TPSA) is 62.4 Å². The molecular weight excluding hydrogens is 218 g/mol. The van der Waals surface area contributed by atoms with Gasteiger partial charge in [0.15, 0.2) is 5.82 Å². The van der Waals surface area contributed by atoms with Crippen molar-refractivity contribution >= 4 is 0 Å². The Hall–Kier alpha value is -0.940. The van der Waals surface area contributed by atoms with Crippen LogP contribution < -0.4 is 0 Å². The minimum atomic E-state index is 0.0729. The highest BCUT2D eigenvalue weighted by Gasteiger charge is 2.23. The number of aliphatic hydroxyl groups excluding tert-OH is 1. The Balaban J connectivity index is 1.93. The van der Waals surface area contributed by atoms with Gasteiger partial charge in [-0.25, -0.2) is 0 Å². The van der Waals surface area contributed by atoms with Gasteiger partial charge in [-0.3, -0.25) is 0 Å². The molecule has 2 heterocycles. The van der Waals surface area contributed by atoms with Crippen LogP contribution in [0, 0.1) is 0 Å². The average Bonchev–Trinajstić information content (AvgIpc) is 2.78. The van der Waals surface area contributed by atoms with Gasteiger partial charge in [0.25, 0.3) is 0 Å².